The Morgan fingerprint density at radius 1 is 1.16 bits per heavy atom. The van der Waals surface area contributed by atoms with Crippen molar-refractivity contribution >= 4 is 11.6 Å². The molecule has 5 nitrogen and oxygen atoms in total. The summed E-state index contributed by atoms with van der Waals surface area (Å²) >= 11 is 0. The number of ether oxygens (including phenoxy) is 1. The molecule has 5 heteroatoms. The molecule has 2 aliphatic rings. The Kier molecular flexibility index (Phi) is 4.86. The van der Waals surface area contributed by atoms with Gasteiger partial charge in [-0.15, -0.1) is 0 Å². The fourth-order valence-corrected chi connectivity index (χ4v) is 5.45. The van der Waals surface area contributed by atoms with Gasteiger partial charge in [-0.2, -0.15) is 0 Å². The number of likely N-dealkylation sites (tertiary alicyclic amines) is 1. The van der Waals surface area contributed by atoms with Crippen LogP contribution in [0.4, 0.5) is 5.69 Å². The van der Waals surface area contributed by atoms with Crippen molar-refractivity contribution in [3.63, 3.8) is 0 Å². The Balaban J connectivity index is 1.68. The maximum Gasteiger partial charge on any atom is 0.240 e. The van der Waals surface area contributed by atoms with E-state index in [0.29, 0.717) is 12.6 Å². The topological polar surface area (TPSA) is 45.9 Å². The molecule has 1 aromatic heterocycles. The van der Waals surface area contributed by atoms with Gasteiger partial charge >= 0.3 is 0 Å². The summed E-state index contributed by atoms with van der Waals surface area (Å²) < 4.78 is 11.0. The fourth-order valence-electron chi connectivity index (χ4n) is 5.45. The predicted octanol–water partition coefficient (Wildman–Crippen LogP) is 4.93. The molecule has 31 heavy (non-hydrogen) atoms. The van der Waals surface area contributed by atoms with Gasteiger partial charge in [0.1, 0.15) is 5.75 Å². The first kappa shape index (κ1) is 19.9. The van der Waals surface area contributed by atoms with Gasteiger partial charge in [0.15, 0.2) is 0 Å². The number of amides is 1. The second-order valence-corrected chi connectivity index (χ2v) is 8.77. The van der Waals surface area contributed by atoms with E-state index < -0.39 is 5.41 Å². The Morgan fingerprint density at radius 3 is 2.65 bits per heavy atom. The third-order valence-corrected chi connectivity index (χ3v) is 6.87. The minimum Gasteiger partial charge on any atom is -0.497 e. The van der Waals surface area contributed by atoms with Crippen molar-refractivity contribution in [3.05, 3.63) is 83.8 Å². The van der Waals surface area contributed by atoms with Gasteiger partial charge < -0.3 is 14.1 Å². The summed E-state index contributed by atoms with van der Waals surface area (Å²) in [5.74, 6) is 0.940. The van der Waals surface area contributed by atoms with Gasteiger partial charge in [-0.1, -0.05) is 30.3 Å². The summed E-state index contributed by atoms with van der Waals surface area (Å²) in [5, 5.41) is 0. The second-order valence-electron chi connectivity index (χ2n) is 8.77. The number of furan rings is 1. The minimum atomic E-state index is -0.660. The summed E-state index contributed by atoms with van der Waals surface area (Å²) in [6, 6.07) is 18.5. The molecule has 0 aliphatic carbocycles. The van der Waals surface area contributed by atoms with Crippen molar-refractivity contribution in [2.24, 2.45) is 0 Å². The van der Waals surface area contributed by atoms with E-state index in [4.69, 9.17) is 9.15 Å². The van der Waals surface area contributed by atoms with Crippen LogP contribution in [0.1, 0.15) is 43.0 Å². The average molecular weight is 417 g/mol. The number of fused-ring (bicyclic) bond motifs is 2. The summed E-state index contributed by atoms with van der Waals surface area (Å²) in [4.78, 5) is 18.7. The average Bonchev–Trinajstić information content (AvgIpc) is 3.49. The van der Waals surface area contributed by atoms with Gasteiger partial charge in [-0.05, 0) is 55.7 Å². The van der Waals surface area contributed by atoms with Crippen LogP contribution in [0.3, 0.4) is 0 Å². The first-order valence-corrected chi connectivity index (χ1v) is 10.9. The van der Waals surface area contributed by atoms with Gasteiger partial charge in [0.05, 0.1) is 37.6 Å². The number of carbonyl (C=O) groups is 1. The fraction of sp³-hybridized carbons (Fsp3) is 0.346. The molecule has 0 radical (unpaired) electrons. The molecule has 2 atom stereocenters. The van der Waals surface area contributed by atoms with Crippen LogP contribution in [-0.2, 0) is 16.8 Å². The van der Waals surface area contributed by atoms with Gasteiger partial charge in [-0.25, -0.2) is 0 Å². The van der Waals surface area contributed by atoms with E-state index in [9.17, 15) is 4.79 Å². The quantitative estimate of drug-likeness (QED) is 0.592. The van der Waals surface area contributed by atoms with Gasteiger partial charge in [0.25, 0.3) is 0 Å². The molecule has 3 aromatic rings. The zero-order chi connectivity index (χ0) is 21.6. The van der Waals surface area contributed by atoms with E-state index in [2.05, 4.69) is 36.9 Å². The van der Waals surface area contributed by atoms with E-state index >= 15 is 0 Å². The smallest absolute Gasteiger partial charge is 0.240 e. The Labute approximate surface area is 183 Å². The molecule has 2 aromatic carbocycles. The van der Waals surface area contributed by atoms with Crippen molar-refractivity contribution in [1.82, 2.24) is 4.90 Å². The number of hydrogen-bond donors (Lipinski definition) is 0. The lowest BCUT2D eigenvalue weighted by molar-refractivity contribution is -0.124. The number of hydrogen-bond acceptors (Lipinski definition) is 4. The van der Waals surface area contributed by atoms with Crippen molar-refractivity contribution in [2.75, 3.05) is 18.6 Å². The second kappa shape index (κ2) is 7.57. The molecule has 1 saturated heterocycles. The van der Waals surface area contributed by atoms with E-state index in [1.165, 1.54) is 0 Å². The van der Waals surface area contributed by atoms with E-state index in [1.54, 1.807) is 19.6 Å². The van der Waals surface area contributed by atoms with Crippen LogP contribution in [0.2, 0.25) is 0 Å². The maximum atomic E-state index is 14.3. The standard InChI is InChI=1S/C26H28N2O3/c1-18(2)27-13-12-26(24(27)20-11-14-31-17-20)22-15-21(30-3)9-10-23(22)28(25(26)29)16-19-7-5-4-6-8-19/h4-11,14-15,17-18,24H,12-13,16H2,1-3H3/t24-,26-/m0/s1. The lowest BCUT2D eigenvalue weighted by atomic mass is 9.73. The van der Waals surface area contributed by atoms with E-state index in [1.807, 2.05) is 41.3 Å². The molecule has 0 unspecified atom stereocenters. The Morgan fingerprint density at radius 2 is 1.97 bits per heavy atom. The minimum absolute atomic E-state index is 0.0784. The zero-order valence-corrected chi connectivity index (χ0v) is 18.2. The highest BCUT2D eigenvalue weighted by Crippen LogP contribution is 2.58. The van der Waals surface area contributed by atoms with Gasteiger partial charge in [0, 0.05) is 23.8 Å². The monoisotopic (exact) mass is 416 g/mol. The third kappa shape index (κ3) is 2.99. The number of anilines is 1. The van der Waals surface area contributed by atoms with Crippen molar-refractivity contribution < 1.29 is 13.9 Å². The molecule has 1 amide bonds. The highest BCUT2D eigenvalue weighted by atomic mass is 16.5. The summed E-state index contributed by atoms with van der Waals surface area (Å²) in [7, 11) is 1.68. The lowest BCUT2D eigenvalue weighted by Gasteiger charge is -2.36. The molecule has 0 N–H and O–H groups in total. The summed E-state index contributed by atoms with van der Waals surface area (Å²) in [5.41, 5.74) is 3.55. The van der Waals surface area contributed by atoms with Crippen LogP contribution >= 0.6 is 0 Å². The number of carbonyl (C=O) groups excluding carboxylic acids is 1. The number of rotatable bonds is 5. The van der Waals surface area contributed by atoms with E-state index in [0.717, 1.165) is 41.1 Å². The van der Waals surface area contributed by atoms with Gasteiger partial charge in [-0.3, -0.25) is 9.69 Å². The number of methoxy groups -OCH3 is 1. The molecular formula is C26H28N2O3. The first-order valence-electron chi connectivity index (χ1n) is 10.9. The van der Waals surface area contributed by atoms with Crippen LogP contribution in [0, 0.1) is 0 Å². The van der Waals surface area contributed by atoms with Crippen LogP contribution < -0.4 is 9.64 Å². The van der Waals surface area contributed by atoms with Crippen LogP contribution in [-0.4, -0.2) is 30.5 Å². The molecule has 5 rings (SSSR count). The molecular weight excluding hydrogens is 388 g/mol. The van der Waals surface area contributed by atoms with Crippen LogP contribution in [0.15, 0.2) is 71.5 Å². The molecule has 0 bridgehead atoms. The van der Waals surface area contributed by atoms with Crippen molar-refractivity contribution in [2.45, 2.75) is 44.3 Å². The molecule has 160 valence electrons. The third-order valence-electron chi connectivity index (χ3n) is 6.87. The van der Waals surface area contributed by atoms with Crippen LogP contribution in [0.25, 0.3) is 0 Å². The van der Waals surface area contributed by atoms with E-state index in [-0.39, 0.29) is 11.9 Å². The largest absolute Gasteiger partial charge is 0.497 e. The number of nitrogens with zero attached hydrogens (tertiary/aromatic N) is 2. The Hall–Kier alpha value is -3.05. The molecule has 0 saturated carbocycles. The molecule has 1 spiro atoms. The van der Waals surface area contributed by atoms with Gasteiger partial charge in [0.2, 0.25) is 5.91 Å². The highest BCUT2D eigenvalue weighted by molar-refractivity contribution is 6.09. The molecule has 3 heterocycles. The lowest BCUT2D eigenvalue weighted by Crippen LogP contribution is -2.45. The molecule has 2 aliphatic heterocycles. The Bertz CT molecular complexity index is 1080. The SMILES string of the molecule is COc1ccc2c(c1)[C@]1(CCN(C(C)C)[C@H]1c1ccoc1)C(=O)N2Cc1ccccc1. The van der Waals surface area contributed by atoms with Crippen molar-refractivity contribution in [3.8, 4) is 5.75 Å². The predicted molar refractivity (Wildman–Crippen MR) is 120 cm³/mol. The molecule has 1 fully saturated rings. The maximum absolute atomic E-state index is 14.3. The summed E-state index contributed by atoms with van der Waals surface area (Å²) in [6.45, 7) is 5.80. The highest BCUT2D eigenvalue weighted by Gasteiger charge is 2.61. The first-order chi connectivity index (χ1) is 15.1. The van der Waals surface area contributed by atoms with Crippen LogP contribution in [0.5, 0.6) is 5.75 Å². The van der Waals surface area contributed by atoms with Crippen molar-refractivity contribution in [1.29, 1.82) is 0 Å². The zero-order valence-electron chi connectivity index (χ0n) is 18.2. The normalized spacial score (nSPS) is 23.2. The number of benzene rings is 2. The summed E-state index contributed by atoms with van der Waals surface area (Å²) in [6.07, 6.45) is 4.26.